The number of halogens is 1. The second-order valence-corrected chi connectivity index (χ2v) is 6.97. The highest BCUT2D eigenvalue weighted by atomic mass is 35.5. The third kappa shape index (κ3) is 3.03. The Morgan fingerprint density at radius 2 is 2.10 bits per heavy atom. The Kier molecular flexibility index (Phi) is 4.06. The molecule has 3 nitrogen and oxygen atoms in total. The van der Waals surface area contributed by atoms with Gasteiger partial charge in [0, 0.05) is 29.7 Å². The summed E-state index contributed by atoms with van der Waals surface area (Å²) in [6.07, 6.45) is 5.96. The monoisotopic (exact) mass is 307 g/mol. The van der Waals surface area contributed by atoms with Crippen molar-refractivity contribution < 1.29 is 0 Å². The summed E-state index contributed by atoms with van der Waals surface area (Å²) in [7, 11) is 0. The Hall–Kier alpha value is -0.970. The van der Waals surface area contributed by atoms with Crippen LogP contribution < -0.4 is 0 Å². The van der Waals surface area contributed by atoms with E-state index in [1.807, 2.05) is 18.3 Å². The van der Waals surface area contributed by atoms with E-state index in [2.05, 4.69) is 27.2 Å². The first-order valence-electron chi connectivity index (χ1n) is 6.88. The summed E-state index contributed by atoms with van der Waals surface area (Å²) >= 11 is 7.65. The quantitative estimate of drug-likeness (QED) is 0.865. The molecule has 1 aliphatic heterocycles. The lowest BCUT2D eigenvalue weighted by atomic mass is 9.81. The predicted octanol–water partition coefficient (Wildman–Crippen LogP) is 3.75. The molecule has 0 saturated carbocycles. The second-order valence-electron chi connectivity index (χ2n) is 5.64. The average Bonchev–Trinajstić information content (AvgIpc) is 2.99. The summed E-state index contributed by atoms with van der Waals surface area (Å²) < 4.78 is 0. The Morgan fingerprint density at radius 1 is 1.30 bits per heavy atom. The Bertz CT molecular complexity index is 545. The van der Waals surface area contributed by atoms with Gasteiger partial charge >= 0.3 is 0 Å². The molecule has 0 atom stereocenters. The lowest BCUT2D eigenvalue weighted by molar-refractivity contribution is 0.160. The fourth-order valence-corrected chi connectivity index (χ4v) is 3.64. The van der Waals surface area contributed by atoms with E-state index in [1.165, 1.54) is 5.01 Å². The summed E-state index contributed by atoms with van der Waals surface area (Å²) in [5, 5.41) is 4.05. The van der Waals surface area contributed by atoms with Crippen LogP contribution in [0.15, 0.2) is 29.9 Å². The van der Waals surface area contributed by atoms with E-state index >= 15 is 0 Å². The summed E-state index contributed by atoms with van der Waals surface area (Å²) in [6, 6.07) is 3.92. The molecule has 1 aliphatic rings. The molecule has 0 aromatic carbocycles. The molecular formula is C15H18ClN3S. The van der Waals surface area contributed by atoms with Gasteiger partial charge in [0.15, 0.2) is 0 Å². The molecule has 106 valence electrons. The molecule has 3 heterocycles. The molecular weight excluding hydrogens is 290 g/mol. The normalized spacial score (nSPS) is 19.1. The van der Waals surface area contributed by atoms with Gasteiger partial charge in [-0.3, -0.25) is 9.88 Å². The summed E-state index contributed by atoms with van der Waals surface area (Å²) in [5.41, 5.74) is 1.34. The van der Waals surface area contributed by atoms with Crippen LogP contribution in [0.3, 0.4) is 0 Å². The van der Waals surface area contributed by atoms with Crippen LogP contribution in [0.5, 0.6) is 0 Å². The Balaban J connectivity index is 1.60. The lowest BCUT2D eigenvalue weighted by Gasteiger charge is -2.38. The zero-order valence-corrected chi connectivity index (χ0v) is 13.1. The number of aromatic nitrogens is 2. The molecule has 1 saturated heterocycles. The number of likely N-dealkylation sites (tertiary alicyclic amines) is 1. The van der Waals surface area contributed by atoms with Gasteiger partial charge in [-0.1, -0.05) is 18.5 Å². The van der Waals surface area contributed by atoms with Crippen molar-refractivity contribution in [3.05, 3.63) is 45.6 Å². The molecule has 0 aliphatic carbocycles. The maximum Gasteiger partial charge on any atom is 0.0984 e. The largest absolute Gasteiger partial charge is 0.297 e. The average molecular weight is 308 g/mol. The first-order chi connectivity index (χ1) is 9.66. The van der Waals surface area contributed by atoms with Crippen LogP contribution in [0, 0.1) is 0 Å². The standard InChI is InChI=1S/C15H18ClN3S/c1-15(14-17-6-9-20-14)4-7-19(8-5-15)11-13-3-2-12(16)10-18-13/h2-3,6,9-10H,4-5,7-8,11H2,1H3. The number of piperidine rings is 1. The van der Waals surface area contributed by atoms with E-state index < -0.39 is 0 Å². The zero-order valence-electron chi connectivity index (χ0n) is 11.6. The van der Waals surface area contributed by atoms with Crippen LogP contribution in [0.2, 0.25) is 5.02 Å². The van der Waals surface area contributed by atoms with E-state index in [0.29, 0.717) is 5.02 Å². The van der Waals surface area contributed by atoms with Gasteiger partial charge in [-0.05, 0) is 38.1 Å². The maximum atomic E-state index is 5.87. The second kappa shape index (κ2) is 5.80. The summed E-state index contributed by atoms with van der Waals surface area (Å²) in [5.74, 6) is 0. The van der Waals surface area contributed by atoms with E-state index in [0.717, 1.165) is 38.2 Å². The third-order valence-electron chi connectivity index (χ3n) is 4.08. The van der Waals surface area contributed by atoms with Crippen LogP contribution in [-0.4, -0.2) is 28.0 Å². The molecule has 1 fully saturated rings. The highest BCUT2D eigenvalue weighted by Gasteiger charge is 2.33. The van der Waals surface area contributed by atoms with Crippen LogP contribution in [0.4, 0.5) is 0 Å². The highest BCUT2D eigenvalue weighted by molar-refractivity contribution is 7.09. The van der Waals surface area contributed by atoms with Gasteiger partial charge in [0.05, 0.1) is 15.7 Å². The van der Waals surface area contributed by atoms with E-state index in [9.17, 15) is 0 Å². The SMILES string of the molecule is CC1(c2nccs2)CCN(Cc2ccc(Cl)cn2)CC1. The maximum absolute atomic E-state index is 5.87. The minimum atomic E-state index is 0.248. The molecule has 20 heavy (non-hydrogen) atoms. The molecule has 0 radical (unpaired) electrons. The van der Waals surface area contributed by atoms with E-state index in [-0.39, 0.29) is 5.41 Å². The van der Waals surface area contributed by atoms with Gasteiger partial charge in [-0.25, -0.2) is 4.98 Å². The van der Waals surface area contributed by atoms with Crippen molar-refractivity contribution in [3.63, 3.8) is 0 Å². The van der Waals surface area contributed by atoms with Gasteiger partial charge in [0.1, 0.15) is 0 Å². The summed E-state index contributed by atoms with van der Waals surface area (Å²) in [4.78, 5) is 11.3. The van der Waals surface area contributed by atoms with Crippen molar-refractivity contribution in [2.75, 3.05) is 13.1 Å². The van der Waals surface area contributed by atoms with Crippen molar-refractivity contribution in [3.8, 4) is 0 Å². The molecule has 2 aromatic heterocycles. The van der Waals surface area contributed by atoms with Crippen molar-refractivity contribution in [1.82, 2.24) is 14.9 Å². The molecule has 0 amide bonds. The van der Waals surface area contributed by atoms with E-state index in [4.69, 9.17) is 11.6 Å². The number of pyridine rings is 1. The van der Waals surface area contributed by atoms with Crippen molar-refractivity contribution in [1.29, 1.82) is 0 Å². The van der Waals surface area contributed by atoms with Crippen LogP contribution in [0.1, 0.15) is 30.5 Å². The number of thiazole rings is 1. The van der Waals surface area contributed by atoms with Gasteiger partial charge in [0.2, 0.25) is 0 Å². The van der Waals surface area contributed by atoms with E-state index in [1.54, 1.807) is 17.5 Å². The zero-order chi connectivity index (χ0) is 14.0. The molecule has 2 aromatic rings. The lowest BCUT2D eigenvalue weighted by Crippen LogP contribution is -2.40. The Morgan fingerprint density at radius 3 is 2.70 bits per heavy atom. The smallest absolute Gasteiger partial charge is 0.0984 e. The number of nitrogens with zero attached hydrogens (tertiary/aromatic N) is 3. The minimum absolute atomic E-state index is 0.248. The predicted molar refractivity (Wildman–Crippen MR) is 83.2 cm³/mol. The number of hydrogen-bond acceptors (Lipinski definition) is 4. The van der Waals surface area contributed by atoms with Gasteiger partial charge in [0.25, 0.3) is 0 Å². The molecule has 0 bridgehead atoms. The van der Waals surface area contributed by atoms with Gasteiger partial charge in [-0.2, -0.15) is 0 Å². The molecule has 3 rings (SSSR count). The van der Waals surface area contributed by atoms with Crippen LogP contribution in [-0.2, 0) is 12.0 Å². The highest BCUT2D eigenvalue weighted by Crippen LogP contribution is 2.36. The van der Waals surface area contributed by atoms with Gasteiger partial charge < -0.3 is 0 Å². The van der Waals surface area contributed by atoms with Crippen LogP contribution in [0.25, 0.3) is 0 Å². The van der Waals surface area contributed by atoms with Crippen molar-refractivity contribution in [2.24, 2.45) is 0 Å². The molecule has 0 unspecified atom stereocenters. The third-order valence-corrected chi connectivity index (χ3v) is 5.39. The molecule has 5 heteroatoms. The number of rotatable bonds is 3. The molecule has 0 N–H and O–H groups in total. The van der Waals surface area contributed by atoms with Crippen molar-refractivity contribution in [2.45, 2.75) is 31.7 Å². The van der Waals surface area contributed by atoms with Gasteiger partial charge in [-0.15, -0.1) is 11.3 Å². The topological polar surface area (TPSA) is 29.0 Å². The fraction of sp³-hybridized carbons (Fsp3) is 0.467. The fourth-order valence-electron chi connectivity index (χ4n) is 2.67. The Labute approximate surface area is 128 Å². The number of hydrogen-bond donors (Lipinski definition) is 0. The minimum Gasteiger partial charge on any atom is -0.297 e. The first-order valence-corrected chi connectivity index (χ1v) is 8.14. The molecule has 0 spiro atoms. The first kappa shape index (κ1) is 14.0. The van der Waals surface area contributed by atoms with Crippen molar-refractivity contribution >= 4 is 22.9 Å². The van der Waals surface area contributed by atoms with Crippen LogP contribution >= 0.6 is 22.9 Å². The summed E-state index contributed by atoms with van der Waals surface area (Å²) in [6.45, 7) is 5.44.